The molecule has 8 heteroatoms. The first-order valence-electron chi connectivity index (χ1n) is 12.5. The van der Waals surface area contributed by atoms with Crippen LogP contribution in [0.4, 0.5) is 0 Å². The third-order valence-electron chi connectivity index (χ3n) is 9.47. The van der Waals surface area contributed by atoms with Crippen molar-refractivity contribution in [2.24, 2.45) is 28.1 Å². The van der Waals surface area contributed by atoms with E-state index in [0.717, 1.165) is 44.9 Å². The molecule has 10 atom stereocenters. The first-order valence-corrected chi connectivity index (χ1v) is 12.5. The minimum absolute atomic E-state index is 0.00660. The first-order chi connectivity index (χ1) is 15.9. The van der Waals surface area contributed by atoms with E-state index in [0.29, 0.717) is 5.92 Å². The van der Waals surface area contributed by atoms with Crippen LogP contribution < -0.4 is 0 Å². The quantitative estimate of drug-likeness (QED) is 0.299. The van der Waals surface area contributed by atoms with E-state index in [1.165, 1.54) is 11.8 Å². The molecular weight excluding hydrogens is 440 g/mol. The van der Waals surface area contributed by atoms with Crippen LogP contribution in [0.1, 0.15) is 65.7 Å². The number of carbonyl (C=O) groups is 1. The molecule has 0 bridgehead atoms. The predicted molar refractivity (Wildman–Crippen MR) is 123 cm³/mol. The lowest BCUT2D eigenvalue weighted by Gasteiger charge is -2.58. The fraction of sp³-hybridized carbons (Fsp3) is 0.808. The summed E-state index contributed by atoms with van der Waals surface area (Å²) in [7, 11) is 0. The van der Waals surface area contributed by atoms with Crippen molar-refractivity contribution in [1.82, 2.24) is 0 Å². The summed E-state index contributed by atoms with van der Waals surface area (Å²) in [5.41, 5.74) is 0.562. The molecular formula is C26H40O8. The van der Waals surface area contributed by atoms with Gasteiger partial charge in [0, 0.05) is 0 Å². The van der Waals surface area contributed by atoms with Crippen molar-refractivity contribution >= 4 is 5.97 Å². The third kappa shape index (κ3) is 4.22. The van der Waals surface area contributed by atoms with Gasteiger partial charge in [0.15, 0.2) is 0 Å². The summed E-state index contributed by atoms with van der Waals surface area (Å²) >= 11 is 0. The summed E-state index contributed by atoms with van der Waals surface area (Å²) in [6.45, 7) is 5.90. The molecule has 1 heterocycles. The number of rotatable bonds is 5. The van der Waals surface area contributed by atoms with Crippen LogP contribution in [0.15, 0.2) is 24.0 Å². The van der Waals surface area contributed by atoms with E-state index in [2.05, 4.69) is 19.9 Å². The summed E-state index contributed by atoms with van der Waals surface area (Å²) < 4.78 is 11.0. The normalized spacial score (nSPS) is 49.1. The molecule has 0 aromatic carbocycles. The molecule has 2 saturated carbocycles. The molecule has 34 heavy (non-hydrogen) atoms. The molecule has 0 unspecified atom stereocenters. The van der Waals surface area contributed by atoms with Crippen LogP contribution in [0.2, 0.25) is 0 Å². The highest BCUT2D eigenvalue weighted by molar-refractivity contribution is 5.75. The number of hydrogen-bond donors (Lipinski definition) is 5. The van der Waals surface area contributed by atoms with E-state index < -0.39 is 48.7 Å². The highest BCUT2D eigenvalue weighted by atomic mass is 16.7. The highest BCUT2D eigenvalue weighted by Crippen LogP contribution is 2.63. The Morgan fingerprint density at radius 2 is 1.88 bits per heavy atom. The van der Waals surface area contributed by atoms with Gasteiger partial charge in [-0.15, -0.1) is 0 Å². The molecule has 1 saturated heterocycles. The van der Waals surface area contributed by atoms with Crippen molar-refractivity contribution in [1.29, 1.82) is 0 Å². The number of aliphatic hydroxyl groups is 4. The average molecular weight is 481 g/mol. The zero-order valence-electron chi connectivity index (χ0n) is 20.4. The van der Waals surface area contributed by atoms with Crippen molar-refractivity contribution in [3.63, 3.8) is 0 Å². The molecule has 192 valence electrons. The Kier molecular flexibility index (Phi) is 6.94. The second-order valence-electron chi connectivity index (χ2n) is 11.7. The average Bonchev–Trinajstić information content (AvgIpc) is 2.78. The van der Waals surface area contributed by atoms with E-state index in [-0.39, 0.29) is 16.7 Å². The van der Waals surface area contributed by atoms with Gasteiger partial charge >= 0.3 is 5.97 Å². The number of hydrogen-bond acceptors (Lipinski definition) is 7. The minimum Gasteiger partial charge on any atom is -0.481 e. The number of aliphatic carboxylic acids is 1. The van der Waals surface area contributed by atoms with Gasteiger partial charge < -0.3 is 35.0 Å². The lowest BCUT2D eigenvalue weighted by molar-refractivity contribution is -0.288. The topological polar surface area (TPSA) is 137 Å². The number of aliphatic hydroxyl groups excluding tert-OH is 4. The molecule has 3 fully saturated rings. The molecule has 0 amide bonds. The van der Waals surface area contributed by atoms with E-state index >= 15 is 0 Å². The zero-order chi connectivity index (χ0) is 24.9. The molecule has 0 aromatic rings. The van der Waals surface area contributed by atoms with Crippen LogP contribution >= 0.6 is 0 Å². The van der Waals surface area contributed by atoms with Gasteiger partial charge in [-0.1, -0.05) is 31.9 Å². The Labute approximate surface area is 201 Å². The molecule has 8 nitrogen and oxygen atoms in total. The fourth-order valence-electron chi connectivity index (χ4n) is 7.29. The predicted octanol–water partition coefficient (Wildman–Crippen LogP) is 2.35. The molecule has 3 aliphatic carbocycles. The van der Waals surface area contributed by atoms with Crippen molar-refractivity contribution in [3.05, 3.63) is 24.0 Å². The molecule has 5 N–H and O–H groups in total. The van der Waals surface area contributed by atoms with Crippen LogP contribution in [0.3, 0.4) is 0 Å². The van der Waals surface area contributed by atoms with Gasteiger partial charge in [0.1, 0.15) is 24.4 Å². The minimum atomic E-state index is -1.47. The van der Waals surface area contributed by atoms with Gasteiger partial charge in [-0.2, -0.15) is 0 Å². The van der Waals surface area contributed by atoms with Gasteiger partial charge in [-0.05, 0) is 74.2 Å². The molecule has 0 radical (unpaired) electrons. The zero-order valence-corrected chi connectivity index (χ0v) is 20.4. The van der Waals surface area contributed by atoms with Crippen molar-refractivity contribution in [2.45, 2.75) is 96.4 Å². The van der Waals surface area contributed by atoms with Crippen LogP contribution in [0, 0.1) is 28.1 Å². The van der Waals surface area contributed by atoms with E-state index in [9.17, 15) is 30.3 Å². The molecule has 1 aliphatic heterocycles. The van der Waals surface area contributed by atoms with Gasteiger partial charge in [0.25, 0.3) is 0 Å². The Bertz CT molecular complexity index is 839. The summed E-state index contributed by atoms with van der Waals surface area (Å²) in [5, 5.41) is 49.4. The Morgan fingerprint density at radius 1 is 1.15 bits per heavy atom. The van der Waals surface area contributed by atoms with Crippen LogP contribution in [-0.4, -0.2) is 68.8 Å². The van der Waals surface area contributed by atoms with Crippen molar-refractivity contribution in [3.8, 4) is 0 Å². The number of carboxylic acids is 1. The summed E-state index contributed by atoms with van der Waals surface area (Å²) in [5.74, 6) is -0.137. The van der Waals surface area contributed by atoms with Gasteiger partial charge in [-0.3, -0.25) is 4.79 Å². The summed E-state index contributed by atoms with van der Waals surface area (Å²) in [4.78, 5) is 12.2. The molecule has 4 rings (SSSR count). The third-order valence-corrected chi connectivity index (χ3v) is 9.47. The maximum Gasteiger partial charge on any atom is 0.309 e. The second kappa shape index (κ2) is 9.21. The molecule has 0 aromatic heterocycles. The lowest BCUT2D eigenvalue weighted by Crippen LogP contribution is -2.58. The van der Waals surface area contributed by atoms with E-state index in [1.807, 2.05) is 13.0 Å². The smallest absolute Gasteiger partial charge is 0.309 e. The maximum absolute atomic E-state index is 12.2. The summed E-state index contributed by atoms with van der Waals surface area (Å²) in [6, 6.07) is 0. The Hall–Kier alpha value is -1.45. The largest absolute Gasteiger partial charge is 0.481 e. The number of ether oxygens (including phenoxy) is 2. The lowest BCUT2D eigenvalue weighted by atomic mass is 9.45. The fourth-order valence-corrected chi connectivity index (χ4v) is 7.29. The van der Waals surface area contributed by atoms with Crippen LogP contribution in [0.5, 0.6) is 0 Å². The molecule has 0 spiro atoms. The number of allylic oxidation sites excluding steroid dienone is 3. The first kappa shape index (κ1) is 25.6. The van der Waals surface area contributed by atoms with Crippen LogP contribution in [-0.2, 0) is 14.3 Å². The molecule has 4 aliphatic rings. The van der Waals surface area contributed by atoms with Crippen molar-refractivity contribution < 1.29 is 39.8 Å². The van der Waals surface area contributed by atoms with E-state index in [4.69, 9.17) is 9.47 Å². The Balaban J connectivity index is 1.45. The van der Waals surface area contributed by atoms with E-state index in [1.54, 1.807) is 0 Å². The van der Waals surface area contributed by atoms with Gasteiger partial charge in [0.05, 0.1) is 18.3 Å². The summed E-state index contributed by atoms with van der Waals surface area (Å²) in [6.07, 6.45) is 5.55. The standard InChI is InChI=1S/C26H40O8/c1-24(11-12-33-22-21(30)20(29)19(28)17(14-27)34-22)10-7-16-15(13-24)5-6-18-25(16,2)8-4-9-26(18,3)23(31)32/h5,11-12,16-22,27-30H,4,6-10,13-14H2,1-3H3,(H,31,32)/b12-11+/t16-,17+,18+,19+,20-,21-,22-,24+,25+,26+/m0/s1. The monoisotopic (exact) mass is 480 g/mol. The van der Waals surface area contributed by atoms with Crippen molar-refractivity contribution in [2.75, 3.05) is 6.61 Å². The maximum atomic E-state index is 12.2. The van der Waals surface area contributed by atoms with Crippen LogP contribution in [0.25, 0.3) is 0 Å². The van der Waals surface area contributed by atoms with Gasteiger partial charge in [-0.25, -0.2) is 0 Å². The SMILES string of the molecule is C[C@]1(/C=C/O[C@H]2O[C@H](CO)[C@@H](O)[C@H](O)[C@@H]2O)CC[C@H]2C(=CC[C@@H]3[C@]2(C)CCC[C@@]3(C)C(=O)O)C1. The number of carboxylic acid groups (broad SMARTS) is 1. The van der Waals surface area contributed by atoms with Gasteiger partial charge in [0.2, 0.25) is 6.29 Å². The Morgan fingerprint density at radius 3 is 2.56 bits per heavy atom. The second-order valence-corrected chi connectivity index (χ2v) is 11.7. The number of fused-ring (bicyclic) bond motifs is 3. The highest BCUT2D eigenvalue weighted by Gasteiger charge is 2.58.